The molecule has 0 bridgehead atoms. The molecule has 1 fully saturated rings. The van der Waals surface area contributed by atoms with Crippen LogP contribution >= 0.6 is 0 Å². The van der Waals surface area contributed by atoms with Gasteiger partial charge in [0.2, 0.25) is 5.91 Å². The van der Waals surface area contributed by atoms with Crippen LogP contribution in [0.2, 0.25) is 0 Å². The Balaban J connectivity index is 1.78. The molecule has 28 heavy (non-hydrogen) atoms. The SMILES string of the molecule is Cn1cc(C=CC(=O)Nc2cc(F)c(N3CCCC3)c(F)c2)c(=O)n(C)c1=O. The van der Waals surface area contributed by atoms with Crippen molar-refractivity contribution in [1.29, 1.82) is 0 Å². The van der Waals surface area contributed by atoms with Crippen molar-refractivity contribution < 1.29 is 13.6 Å². The first-order valence-electron chi connectivity index (χ1n) is 8.77. The molecular weight excluding hydrogens is 370 g/mol. The molecule has 1 aromatic heterocycles. The second-order valence-electron chi connectivity index (χ2n) is 6.65. The first-order chi connectivity index (χ1) is 13.3. The van der Waals surface area contributed by atoms with Crippen LogP contribution < -0.4 is 21.5 Å². The Hall–Kier alpha value is -3.23. The highest BCUT2D eigenvalue weighted by Crippen LogP contribution is 2.29. The topological polar surface area (TPSA) is 76.3 Å². The summed E-state index contributed by atoms with van der Waals surface area (Å²) in [5.41, 5.74) is -1.03. The van der Waals surface area contributed by atoms with Crippen molar-refractivity contribution in [2.45, 2.75) is 12.8 Å². The van der Waals surface area contributed by atoms with Gasteiger partial charge in [-0.05, 0) is 31.1 Å². The molecule has 3 rings (SSSR count). The van der Waals surface area contributed by atoms with Gasteiger partial charge in [-0.1, -0.05) is 0 Å². The molecule has 7 nitrogen and oxygen atoms in total. The van der Waals surface area contributed by atoms with E-state index in [0.29, 0.717) is 13.1 Å². The third-order valence-electron chi connectivity index (χ3n) is 4.59. The predicted octanol–water partition coefficient (Wildman–Crippen LogP) is 1.61. The minimum absolute atomic E-state index is 0.0269. The van der Waals surface area contributed by atoms with E-state index in [2.05, 4.69) is 5.32 Å². The molecule has 1 saturated heterocycles. The van der Waals surface area contributed by atoms with E-state index in [9.17, 15) is 23.2 Å². The van der Waals surface area contributed by atoms with E-state index in [1.54, 1.807) is 4.90 Å². The third-order valence-corrected chi connectivity index (χ3v) is 4.59. The van der Waals surface area contributed by atoms with Gasteiger partial charge in [-0.2, -0.15) is 0 Å². The molecule has 1 N–H and O–H groups in total. The van der Waals surface area contributed by atoms with E-state index in [0.717, 1.165) is 35.6 Å². The van der Waals surface area contributed by atoms with Crippen molar-refractivity contribution in [2.24, 2.45) is 14.1 Å². The maximum absolute atomic E-state index is 14.3. The van der Waals surface area contributed by atoms with Crippen LogP contribution in [0.4, 0.5) is 20.2 Å². The molecule has 0 aliphatic carbocycles. The van der Waals surface area contributed by atoms with Crippen molar-refractivity contribution in [1.82, 2.24) is 9.13 Å². The molecule has 148 valence electrons. The number of hydrogen-bond donors (Lipinski definition) is 1. The van der Waals surface area contributed by atoms with E-state index in [-0.39, 0.29) is 16.9 Å². The molecular formula is C19H20F2N4O3. The maximum Gasteiger partial charge on any atom is 0.330 e. The highest BCUT2D eigenvalue weighted by Gasteiger charge is 2.21. The Morgan fingerprint density at radius 1 is 1.11 bits per heavy atom. The number of amides is 1. The number of hydrogen-bond acceptors (Lipinski definition) is 4. The number of aromatic nitrogens is 2. The minimum atomic E-state index is -0.742. The van der Waals surface area contributed by atoms with Crippen LogP contribution in [0.3, 0.4) is 0 Å². The lowest BCUT2D eigenvalue weighted by atomic mass is 10.2. The Morgan fingerprint density at radius 2 is 1.71 bits per heavy atom. The Labute approximate surface area is 159 Å². The van der Waals surface area contributed by atoms with E-state index in [1.165, 1.54) is 30.9 Å². The van der Waals surface area contributed by atoms with Crippen LogP contribution in [-0.2, 0) is 18.9 Å². The summed E-state index contributed by atoms with van der Waals surface area (Å²) < 4.78 is 30.8. The van der Waals surface area contributed by atoms with Gasteiger partial charge in [0.1, 0.15) is 5.69 Å². The molecule has 1 aliphatic rings. The number of benzene rings is 1. The van der Waals surface area contributed by atoms with Gasteiger partial charge < -0.3 is 14.8 Å². The van der Waals surface area contributed by atoms with Gasteiger partial charge in [0.05, 0.1) is 5.56 Å². The van der Waals surface area contributed by atoms with Crippen LogP contribution in [0.25, 0.3) is 6.08 Å². The maximum atomic E-state index is 14.3. The number of nitrogens with one attached hydrogen (secondary N) is 1. The summed E-state index contributed by atoms with van der Waals surface area (Å²) in [4.78, 5) is 37.4. The number of nitrogens with zero attached hydrogens (tertiary/aromatic N) is 3. The molecule has 0 atom stereocenters. The van der Waals surface area contributed by atoms with Crippen LogP contribution in [0.1, 0.15) is 18.4 Å². The van der Waals surface area contributed by atoms with Gasteiger partial charge in [0.25, 0.3) is 5.56 Å². The Morgan fingerprint density at radius 3 is 2.32 bits per heavy atom. The van der Waals surface area contributed by atoms with Crippen LogP contribution in [0.5, 0.6) is 0 Å². The lowest BCUT2D eigenvalue weighted by Crippen LogP contribution is -2.37. The average molecular weight is 390 g/mol. The number of carbonyl (C=O) groups is 1. The fourth-order valence-corrected chi connectivity index (χ4v) is 3.18. The zero-order valence-electron chi connectivity index (χ0n) is 15.5. The lowest BCUT2D eigenvalue weighted by Gasteiger charge is -2.19. The fourth-order valence-electron chi connectivity index (χ4n) is 3.18. The fraction of sp³-hybridized carbons (Fsp3) is 0.316. The minimum Gasteiger partial charge on any atom is -0.367 e. The Kier molecular flexibility index (Phi) is 5.43. The zero-order valence-corrected chi connectivity index (χ0v) is 15.5. The van der Waals surface area contributed by atoms with Crippen LogP contribution in [0.15, 0.2) is 34.0 Å². The second kappa shape index (κ2) is 7.79. The largest absolute Gasteiger partial charge is 0.367 e. The number of anilines is 2. The van der Waals surface area contributed by atoms with Crippen LogP contribution in [-0.4, -0.2) is 28.1 Å². The highest BCUT2D eigenvalue weighted by molar-refractivity contribution is 6.02. The molecule has 9 heteroatoms. The third kappa shape index (κ3) is 3.88. The quantitative estimate of drug-likeness (QED) is 0.805. The second-order valence-corrected chi connectivity index (χ2v) is 6.65. The number of halogens is 2. The first-order valence-corrected chi connectivity index (χ1v) is 8.77. The average Bonchev–Trinajstić information content (AvgIpc) is 3.15. The summed E-state index contributed by atoms with van der Waals surface area (Å²) in [6.45, 7) is 1.19. The number of aryl methyl sites for hydroxylation is 1. The molecule has 0 radical (unpaired) electrons. The summed E-state index contributed by atoms with van der Waals surface area (Å²) in [5.74, 6) is -2.15. The van der Waals surface area contributed by atoms with Gasteiger partial charge in [-0.15, -0.1) is 0 Å². The van der Waals surface area contributed by atoms with E-state index < -0.39 is 28.8 Å². The zero-order chi connectivity index (χ0) is 20.4. The van der Waals surface area contributed by atoms with Crippen LogP contribution in [0, 0.1) is 11.6 Å². The standard InChI is InChI=1S/C19H20F2N4O3/c1-23-11-12(18(27)24(2)19(23)28)5-6-16(26)22-13-9-14(20)17(15(21)10-13)25-7-3-4-8-25/h5-6,9-11H,3-4,7-8H2,1-2H3,(H,22,26). The molecule has 0 saturated carbocycles. The predicted molar refractivity (Wildman–Crippen MR) is 102 cm³/mol. The van der Waals surface area contributed by atoms with Gasteiger partial charge in [-0.25, -0.2) is 13.6 Å². The molecule has 2 heterocycles. The van der Waals surface area contributed by atoms with Crippen molar-refractivity contribution in [2.75, 3.05) is 23.3 Å². The van der Waals surface area contributed by atoms with E-state index in [1.807, 2.05) is 0 Å². The van der Waals surface area contributed by atoms with Gasteiger partial charge in [0, 0.05) is 45.1 Å². The molecule has 2 aromatic rings. The summed E-state index contributed by atoms with van der Waals surface area (Å²) in [5, 5.41) is 2.37. The highest BCUT2D eigenvalue weighted by atomic mass is 19.1. The number of carbonyl (C=O) groups excluding carboxylic acids is 1. The lowest BCUT2D eigenvalue weighted by molar-refractivity contribution is -0.111. The van der Waals surface area contributed by atoms with Crippen molar-refractivity contribution in [3.8, 4) is 0 Å². The van der Waals surface area contributed by atoms with E-state index >= 15 is 0 Å². The van der Waals surface area contributed by atoms with Crippen molar-refractivity contribution >= 4 is 23.4 Å². The first kappa shape index (κ1) is 19.5. The summed E-state index contributed by atoms with van der Waals surface area (Å²) in [6, 6.07) is 2.13. The monoisotopic (exact) mass is 390 g/mol. The summed E-state index contributed by atoms with van der Waals surface area (Å²) >= 11 is 0. The number of rotatable bonds is 4. The molecule has 0 spiro atoms. The molecule has 1 aromatic carbocycles. The molecule has 1 amide bonds. The van der Waals surface area contributed by atoms with E-state index in [4.69, 9.17) is 0 Å². The summed E-state index contributed by atoms with van der Waals surface area (Å²) in [7, 11) is 2.81. The normalized spacial score (nSPS) is 14.1. The van der Waals surface area contributed by atoms with Crippen molar-refractivity contribution in [3.05, 3.63) is 62.4 Å². The Bertz CT molecular complexity index is 1040. The van der Waals surface area contributed by atoms with Gasteiger partial charge in [-0.3, -0.25) is 14.2 Å². The van der Waals surface area contributed by atoms with Gasteiger partial charge >= 0.3 is 5.69 Å². The molecule has 1 aliphatic heterocycles. The van der Waals surface area contributed by atoms with Gasteiger partial charge in [0.15, 0.2) is 11.6 Å². The van der Waals surface area contributed by atoms with Crippen molar-refractivity contribution in [3.63, 3.8) is 0 Å². The smallest absolute Gasteiger partial charge is 0.330 e. The molecule has 0 unspecified atom stereocenters. The summed E-state index contributed by atoms with van der Waals surface area (Å²) in [6.07, 6.45) is 5.37.